The zero-order valence-electron chi connectivity index (χ0n) is 15.2. The number of pyridine rings is 1. The first kappa shape index (κ1) is 19.9. The van der Waals surface area contributed by atoms with E-state index in [4.69, 9.17) is 4.74 Å². The number of rotatable bonds is 7. The molecule has 0 radical (unpaired) electrons. The highest BCUT2D eigenvalue weighted by Crippen LogP contribution is 2.20. The van der Waals surface area contributed by atoms with Gasteiger partial charge < -0.3 is 20.7 Å². The van der Waals surface area contributed by atoms with Gasteiger partial charge in [-0.1, -0.05) is 20.8 Å². The molecule has 1 amide bonds. The molecule has 134 valence electrons. The molecule has 1 rings (SSSR count). The number of hydrogen-bond acceptors (Lipinski definition) is 4. The van der Waals surface area contributed by atoms with E-state index in [2.05, 4.69) is 46.7 Å². The van der Waals surface area contributed by atoms with Gasteiger partial charge in [-0.2, -0.15) is 0 Å². The molecule has 7 nitrogen and oxygen atoms in total. The lowest BCUT2D eigenvalue weighted by Gasteiger charge is -2.30. The van der Waals surface area contributed by atoms with Crippen molar-refractivity contribution in [2.45, 2.75) is 33.8 Å². The lowest BCUT2D eigenvalue weighted by atomic mass is 9.89. The number of aromatic nitrogens is 1. The van der Waals surface area contributed by atoms with Crippen LogP contribution in [0.15, 0.2) is 29.5 Å². The zero-order valence-corrected chi connectivity index (χ0v) is 15.2. The Morgan fingerprint density at radius 2 is 2.12 bits per heavy atom. The predicted octanol–water partition coefficient (Wildman–Crippen LogP) is 1.64. The average Bonchev–Trinajstić information content (AvgIpc) is 2.52. The Bertz CT molecular complexity index is 526. The molecule has 0 bridgehead atoms. The third-order valence-corrected chi connectivity index (χ3v) is 3.38. The smallest absolute Gasteiger partial charge is 0.246 e. The number of carbonyl (C=O) groups is 1. The van der Waals surface area contributed by atoms with E-state index in [1.807, 2.05) is 6.92 Å². The molecule has 0 aliphatic carbocycles. The van der Waals surface area contributed by atoms with Crippen LogP contribution in [0.5, 0.6) is 0 Å². The van der Waals surface area contributed by atoms with Crippen molar-refractivity contribution < 1.29 is 9.53 Å². The summed E-state index contributed by atoms with van der Waals surface area (Å²) in [5, 5.41) is 9.09. The first-order valence-electron chi connectivity index (χ1n) is 8.11. The van der Waals surface area contributed by atoms with Gasteiger partial charge in [-0.05, 0) is 24.5 Å². The molecular weight excluding hydrogens is 306 g/mol. The fraction of sp³-hybridized carbons (Fsp3) is 0.588. The van der Waals surface area contributed by atoms with Gasteiger partial charge in [-0.25, -0.2) is 4.99 Å². The van der Waals surface area contributed by atoms with E-state index in [9.17, 15) is 4.79 Å². The first-order valence-corrected chi connectivity index (χ1v) is 8.11. The molecular formula is C17H29N5O2. The maximum Gasteiger partial charge on any atom is 0.246 e. The Hall–Kier alpha value is -2.15. The third-order valence-electron chi connectivity index (χ3n) is 3.38. The van der Waals surface area contributed by atoms with Gasteiger partial charge in [-0.15, -0.1) is 0 Å². The summed E-state index contributed by atoms with van der Waals surface area (Å²) < 4.78 is 5.52. The van der Waals surface area contributed by atoms with Crippen LogP contribution in [-0.4, -0.2) is 49.7 Å². The van der Waals surface area contributed by atoms with Crippen molar-refractivity contribution in [1.29, 1.82) is 0 Å². The molecule has 1 atom stereocenters. The number of amides is 1. The number of nitrogens with zero attached hydrogens (tertiary/aromatic N) is 2. The van der Waals surface area contributed by atoms with E-state index in [1.165, 1.54) is 0 Å². The van der Waals surface area contributed by atoms with Crippen LogP contribution in [0.3, 0.4) is 0 Å². The molecule has 7 heteroatoms. The number of carbonyl (C=O) groups excluding carboxylic acids is 1. The molecule has 1 unspecified atom stereocenters. The van der Waals surface area contributed by atoms with Gasteiger partial charge in [0, 0.05) is 26.4 Å². The minimum Gasteiger partial charge on any atom is -0.379 e. The fourth-order valence-electron chi connectivity index (χ4n) is 2.06. The van der Waals surface area contributed by atoms with Gasteiger partial charge in [0.2, 0.25) is 5.91 Å². The first-order chi connectivity index (χ1) is 11.4. The Balaban J connectivity index is 2.57. The van der Waals surface area contributed by atoms with E-state index >= 15 is 0 Å². The minimum atomic E-state index is -0.195. The second-order valence-corrected chi connectivity index (χ2v) is 6.46. The van der Waals surface area contributed by atoms with Gasteiger partial charge in [-0.3, -0.25) is 9.78 Å². The molecule has 1 aromatic heterocycles. The lowest BCUT2D eigenvalue weighted by Crippen LogP contribution is -2.45. The summed E-state index contributed by atoms with van der Waals surface area (Å²) in [5.41, 5.74) is 0.666. The molecule has 0 aromatic carbocycles. The van der Waals surface area contributed by atoms with Crippen LogP contribution < -0.4 is 16.0 Å². The van der Waals surface area contributed by atoms with E-state index < -0.39 is 0 Å². The molecule has 24 heavy (non-hydrogen) atoms. The summed E-state index contributed by atoms with van der Waals surface area (Å²) in [6.07, 6.45) is 3.28. The number of guanidine groups is 1. The number of ether oxygens (including phenoxy) is 1. The van der Waals surface area contributed by atoms with Gasteiger partial charge in [0.1, 0.15) is 6.54 Å². The molecule has 0 saturated heterocycles. The highest BCUT2D eigenvalue weighted by Gasteiger charge is 2.24. The maximum absolute atomic E-state index is 11.9. The van der Waals surface area contributed by atoms with Crippen LogP contribution >= 0.6 is 0 Å². The zero-order chi connectivity index (χ0) is 18.0. The number of nitrogens with one attached hydrogen (secondary N) is 3. The minimum absolute atomic E-state index is 0.0107. The molecule has 0 saturated carbocycles. The van der Waals surface area contributed by atoms with Crippen LogP contribution in [0, 0.1) is 5.41 Å². The normalized spacial score (nSPS) is 13.3. The van der Waals surface area contributed by atoms with E-state index in [0.717, 1.165) is 0 Å². The summed E-state index contributed by atoms with van der Waals surface area (Å²) in [7, 11) is 1.70. The SMILES string of the molecule is CCNC(=NCC(=O)Nc1cccnc1)NCC(OC)C(C)(C)C. The quantitative estimate of drug-likeness (QED) is 0.521. The van der Waals surface area contributed by atoms with Crippen LogP contribution in [0.25, 0.3) is 0 Å². The number of anilines is 1. The summed E-state index contributed by atoms with van der Waals surface area (Å²) >= 11 is 0. The van der Waals surface area contributed by atoms with Gasteiger partial charge in [0.05, 0.1) is 18.0 Å². The van der Waals surface area contributed by atoms with Crippen molar-refractivity contribution in [3.63, 3.8) is 0 Å². The topological polar surface area (TPSA) is 87.6 Å². The van der Waals surface area contributed by atoms with Gasteiger partial charge >= 0.3 is 0 Å². The summed E-state index contributed by atoms with van der Waals surface area (Å²) in [4.78, 5) is 20.2. The van der Waals surface area contributed by atoms with E-state index in [-0.39, 0.29) is 24.0 Å². The molecule has 0 fully saturated rings. The Morgan fingerprint density at radius 1 is 1.38 bits per heavy atom. The molecule has 3 N–H and O–H groups in total. The van der Waals surface area contributed by atoms with E-state index in [1.54, 1.807) is 31.6 Å². The highest BCUT2D eigenvalue weighted by molar-refractivity contribution is 5.93. The number of hydrogen-bond donors (Lipinski definition) is 3. The Labute approximate surface area is 144 Å². The fourth-order valence-corrected chi connectivity index (χ4v) is 2.06. The number of aliphatic imine (C=N–C) groups is 1. The van der Waals surface area contributed by atoms with Crippen molar-refractivity contribution in [3.8, 4) is 0 Å². The van der Waals surface area contributed by atoms with Crippen LogP contribution in [0.1, 0.15) is 27.7 Å². The van der Waals surface area contributed by atoms with Crippen LogP contribution in [0.2, 0.25) is 0 Å². The second-order valence-electron chi connectivity index (χ2n) is 6.46. The summed E-state index contributed by atoms with van der Waals surface area (Å²) in [5.74, 6) is 0.393. The van der Waals surface area contributed by atoms with Crippen molar-refractivity contribution in [1.82, 2.24) is 15.6 Å². The second kappa shape index (κ2) is 9.87. The van der Waals surface area contributed by atoms with Crippen molar-refractivity contribution in [2.75, 3.05) is 32.1 Å². The standard InChI is InChI=1S/C17H29N5O2/c1-6-19-16(20-11-14(24-5)17(2,3)4)21-12-15(23)22-13-8-7-9-18-10-13/h7-10,14H,6,11-12H2,1-5H3,(H,22,23)(H2,19,20,21). The highest BCUT2D eigenvalue weighted by atomic mass is 16.5. The number of methoxy groups -OCH3 is 1. The molecule has 0 spiro atoms. The molecule has 1 heterocycles. The third kappa shape index (κ3) is 7.41. The van der Waals surface area contributed by atoms with Crippen LogP contribution in [0.4, 0.5) is 5.69 Å². The van der Waals surface area contributed by atoms with E-state index in [0.29, 0.717) is 24.7 Å². The predicted molar refractivity (Wildman–Crippen MR) is 97.1 cm³/mol. The van der Waals surface area contributed by atoms with Crippen molar-refractivity contribution in [2.24, 2.45) is 10.4 Å². The summed E-state index contributed by atoms with van der Waals surface area (Å²) in [6.45, 7) is 9.68. The monoisotopic (exact) mass is 335 g/mol. The molecule has 1 aromatic rings. The Morgan fingerprint density at radius 3 is 2.67 bits per heavy atom. The largest absolute Gasteiger partial charge is 0.379 e. The van der Waals surface area contributed by atoms with Crippen molar-refractivity contribution in [3.05, 3.63) is 24.5 Å². The molecule has 0 aliphatic heterocycles. The van der Waals surface area contributed by atoms with Gasteiger partial charge in [0.15, 0.2) is 5.96 Å². The Kier molecular flexibility index (Phi) is 8.18. The maximum atomic E-state index is 11.9. The molecule has 0 aliphatic rings. The van der Waals surface area contributed by atoms with Crippen LogP contribution in [-0.2, 0) is 9.53 Å². The van der Waals surface area contributed by atoms with Crippen molar-refractivity contribution >= 4 is 17.6 Å². The summed E-state index contributed by atoms with van der Waals surface area (Å²) in [6, 6.07) is 3.55. The van der Waals surface area contributed by atoms with Gasteiger partial charge in [0.25, 0.3) is 0 Å². The lowest BCUT2D eigenvalue weighted by molar-refractivity contribution is -0.114. The average molecular weight is 335 g/mol.